The van der Waals surface area contributed by atoms with Crippen molar-refractivity contribution in [3.8, 4) is 0 Å². The van der Waals surface area contributed by atoms with Crippen molar-refractivity contribution in [1.82, 2.24) is 16.1 Å². The van der Waals surface area contributed by atoms with Crippen LogP contribution in [0.1, 0.15) is 12.8 Å². The van der Waals surface area contributed by atoms with Gasteiger partial charge in [0.25, 0.3) is 0 Å². The molecule has 1 heterocycles. The highest BCUT2D eigenvalue weighted by Crippen LogP contribution is 2.11. The summed E-state index contributed by atoms with van der Waals surface area (Å²) in [5.74, 6) is 2.41. The number of hydrogen-bond acceptors (Lipinski definition) is 6. The number of nitrogens with zero attached hydrogens (tertiary/aromatic N) is 2. The molecule has 13 heavy (non-hydrogen) atoms. The van der Waals surface area contributed by atoms with Crippen LogP contribution in [-0.4, -0.2) is 35.0 Å². The fraction of sp³-hybridized carbons (Fsp3) is 0.857. The van der Waals surface area contributed by atoms with E-state index in [9.17, 15) is 0 Å². The zero-order chi connectivity index (χ0) is 9.52. The molecule has 0 fully saturated rings. The first-order chi connectivity index (χ1) is 6.34. The quantitative estimate of drug-likeness (QED) is 0.679. The molecule has 0 amide bonds. The monoisotopic (exact) mass is 220 g/mol. The Morgan fingerprint density at radius 1 is 1.38 bits per heavy atom. The van der Waals surface area contributed by atoms with E-state index in [2.05, 4.69) is 22.4 Å². The summed E-state index contributed by atoms with van der Waals surface area (Å²) in [6.45, 7) is 0. The van der Waals surface area contributed by atoms with Gasteiger partial charge in [0.2, 0.25) is 0 Å². The minimum absolute atomic E-state index is 1.02. The van der Waals surface area contributed by atoms with Crippen LogP contribution >= 0.6 is 23.5 Å². The van der Waals surface area contributed by atoms with Crippen molar-refractivity contribution >= 4 is 28.7 Å². The number of hydrazone groups is 1. The molecular formula is C7H16N4S2. The molecule has 76 valence electrons. The molecule has 0 saturated heterocycles. The summed E-state index contributed by atoms with van der Waals surface area (Å²) in [5.41, 5.74) is 5.59. The van der Waals surface area contributed by atoms with Crippen molar-refractivity contribution in [3.63, 3.8) is 0 Å². The van der Waals surface area contributed by atoms with Gasteiger partial charge in [-0.25, -0.2) is 5.53 Å². The molecule has 0 atom stereocenters. The average Bonchev–Trinajstić information content (AvgIpc) is 2.52. The molecule has 0 unspecified atom stereocenters. The molecule has 4 nitrogen and oxygen atoms in total. The van der Waals surface area contributed by atoms with Crippen LogP contribution in [0.2, 0.25) is 0 Å². The molecular weight excluding hydrogens is 204 g/mol. The predicted molar refractivity (Wildman–Crippen MR) is 61.5 cm³/mol. The average molecular weight is 220 g/mol. The van der Waals surface area contributed by atoms with E-state index in [4.69, 9.17) is 0 Å². The van der Waals surface area contributed by atoms with Gasteiger partial charge in [0.15, 0.2) is 5.17 Å². The lowest BCUT2D eigenvalue weighted by molar-refractivity contribution is 0.352. The molecule has 1 aliphatic heterocycles. The van der Waals surface area contributed by atoms with Crippen LogP contribution in [-0.2, 0) is 0 Å². The van der Waals surface area contributed by atoms with E-state index < -0.39 is 0 Å². The van der Waals surface area contributed by atoms with Gasteiger partial charge in [-0.1, -0.05) is 11.8 Å². The number of nitrogens with one attached hydrogen (secondary N) is 2. The molecule has 0 aliphatic carbocycles. The highest BCUT2D eigenvalue weighted by molar-refractivity contribution is 8.13. The second-order valence-corrected chi connectivity index (χ2v) is 4.77. The van der Waals surface area contributed by atoms with Gasteiger partial charge >= 0.3 is 0 Å². The van der Waals surface area contributed by atoms with Crippen molar-refractivity contribution in [2.24, 2.45) is 5.10 Å². The Morgan fingerprint density at radius 2 is 2.15 bits per heavy atom. The third-order valence-corrected chi connectivity index (χ3v) is 3.44. The van der Waals surface area contributed by atoms with Crippen LogP contribution < -0.4 is 11.1 Å². The third kappa shape index (κ3) is 4.10. The lowest BCUT2D eigenvalue weighted by atomic mass is 10.4. The van der Waals surface area contributed by atoms with Crippen LogP contribution in [0.25, 0.3) is 0 Å². The van der Waals surface area contributed by atoms with Gasteiger partial charge in [-0.2, -0.15) is 11.8 Å². The van der Waals surface area contributed by atoms with Gasteiger partial charge in [0.1, 0.15) is 0 Å². The fourth-order valence-electron chi connectivity index (χ4n) is 0.912. The lowest BCUT2D eigenvalue weighted by Crippen LogP contribution is -2.36. The minimum Gasteiger partial charge on any atom is -0.269 e. The molecule has 6 heteroatoms. The number of thioether (sulfide) groups is 2. The van der Waals surface area contributed by atoms with Crippen LogP contribution in [0.5, 0.6) is 0 Å². The smallest absolute Gasteiger partial charge is 0.200 e. The second kappa shape index (κ2) is 6.39. The Bertz CT molecular complexity index is 174. The van der Waals surface area contributed by atoms with Gasteiger partial charge in [0.05, 0.1) is 0 Å². The number of rotatable bonds is 5. The predicted octanol–water partition coefficient (Wildman–Crippen LogP) is 1.09. The standard InChI is InChI=1S/C7H16N4S2/c1-11-7(8-9-10-11)13-6-4-3-5-12-2/h9-10H,3-6H2,1-2H3. The van der Waals surface area contributed by atoms with Crippen LogP contribution in [0.4, 0.5) is 0 Å². The maximum absolute atomic E-state index is 4.07. The van der Waals surface area contributed by atoms with Crippen molar-refractivity contribution < 1.29 is 0 Å². The second-order valence-electron chi connectivity index (χ2n) is 2.73. The Hall–Kier alpha value is -0.0700. The van der Waals surface area contributed by atoms with E-state index in [1.54, 1.807) is 11.8 Å². The number of unbranched alkanes of at least 4 members (excludes halogenated alkanes) is 1. The summed E-state index contributed by atoms with van der Waals surface area (Å²) in [6, 6.07) is 0. The molecule has 0 aromatic heterocycles. The van der Waals surface area contributed by atoms with Gasteiger partial charge in [-0.05, 0) is 24.9 Å². The highest BCUT2D eigenvalue weighted by Gasteiger charge is 2.11. The van der Waals surface area contributed by atoms with E-state index >= 15 is 0 Å². The van der Waals surface area contributed by atoms with Crippen molar-refractivity contribution in [2.45, 2.75) is 12.8 Å². The molecule has 0 spiro atoms. The normalized spacial score (nSPS) is 15.8. The Kier molecular flexibility index (Phi) is 5.41. The van der Waals surface area contributed by atoms with Gasteiger partial charge in [0, 0.05) is 12.8 Å². The van der Waals surface area contributed by atoms with E-state index in [-0.39, 0.29) is 0 Å². The Morgan fingerprint density at radius 3 is 2.77 bits per heavy atom. The fourth-order valence-corrected chi connectivity index (χ4v) is 2.28. The van der Waals surface area contributed by atoms with Crippen LogP contribution in [0.3, 0.4) is 0 Å². The number of hydrogen-bond donors (Lipinski definition) is 2. The lowest BCUT2D eigenvalue weighted by Gasteiger charge is -2.10. The number of amidine groups is 1. The molecule has 0 aromatic carbocycles. The van der Waals surface area contributed by atoms with Crippen LogP contribution in [0.15, 0.2) is 5.10 Å². The molecule has 0 bridgehead atoms. The summed E-state index contributed by atoms with van der Waals surface area (Å²) in [6.07, 6.45) is 4.71. The summed E-state index contributed by atoms with van der Waals surface area (Å²) in [5, 5.41) is 6.98. The third-order valence-electron chi connectivity index (χ3n) is 1.63. The maximum atomic E-state index is 4.07. The molecule has 0 radical (unpaired) electrons. The SMILES string of the molecule is CSCCCCSC1=NNNN1C. The molecule has 0 saturated carbocycles. The van der Waals surface area contributed by atoms with E-state index in [1.807, 2.05) is 23.8 Å². The van der Waals surface area contributed by atoms with Crippen molar-refractivity contribution in [2.75, 3.05) is 24.8 Å². The first-order valence-corrected chi connectivity index (χ1v) is 6.66. The highest BCUT2D eigenvalue weighted by atomic mass is 32.2. The van der Waals surface area contributed by atoms with E-state index in [0.717, 1.165) is 10.9 Å². The zero-order valence-electron chi connectivity index (χ0n) is 8.04. The van der Waals surface area contributed by atoms with Gasteiger partial charge in [-0.15, -0.1) is 10.6 Å². The topological polar surface area (TPSA) is 39.7 Å². The maximum Gasteiger partial charge on any atom is 0.200 e. The Labute approximate surface area is 87.8 Å². The zero-order valence-corrected chi connectivity index (χ0v) is 9.67. The molecule has 0 aromatic rings. The van der Waals surface area contributed by atoms with E-state index in [1.165, 1.54) is 18.6 Å². The molecule has 2 N–H and O–H groups in total. The first-order valence-electron chi connectivity index (χ1n) is 4.28. The minimum atomic E-state index is 1.02. The van der Waals surface area contributed by atoms with Crippen LogP contribution in [0, 0.1) is 0 Å². The molecule has 1 rings (SSSR count). The van der Waals surface area contributed by atoms with Gasteiger partial charge < -0.3 is 0 Å². The summed E-state index contributed by atoms with van der Waals surface area (Å²) in [4.78, 5) is 0. The summed E-state index contributed by atoms with van der Waals surface area (Å²) < 4.78 is 0. The first kappa shape index (κ1) is 11.0. The number of hydrazine groups is 2. The van der Waals surface area contributed by atoms with E-state index in [0.29, 0.717) is 0 Å². The Balaban J connectivity index is 1.99. The largest absolute Gasteiger partial charge is 0.269 e. The molecule has 1 aliphatic rings. The van der Waals surface area contributed by atoms with Gasteiger partial charge in [-0.3, -0.25) is 5.01 Å². The summed E-state index contributed by atoms with van der Waals surface area (Å²) >= 11 is 3.69. The van der Waals surface area contributed by atoms with Crippen molar-refractivity contribution in [3.05, 3.63) is 0 Å². The summed E-state index contributed by atoms with van der Waals surface area (Å²) in [7, 11) is 1.95. The van der Waals surface area contributed by atoms with Crippen molar-refractivity contribution in [1.29, 1.82) is 0 Å².